The Morgan fingerprint density at radius 1 is 1.14 bits per heavy atom. The van der Waals surface area contributed by atoms with E-state index in [1.807, 2.05) is 12.1 Å². The van der Waals surface area contributed by atoms with Crippen LogP contribution in [0.15, 0.2) is 34.9 Å². The van der Waals surface area contributed by atoms with E-state index in [0.29, 0.717) is 0 Å². The van der Waals surface area contributed by atoms with E-state index in [-0.39, 0.29) is 0 Å². The molecule has 0 atom stereocenters. The van der Waals surface area contributed by atoms with Crippen molar-refractivity contribution in [3.8, 4) is 0 Å². The van der Waals surface area contributed by atoms with E-state index in [4.69, 9.17) is 9.47 Å². The van der Waals surface area contributed by atoms with Crippen LogP contribution in [0.3, 0.4) is 0 Å². The van der Waals surface area contributed by atoms with Crippen LogP contribution in [-0.4, -0.2) is 20.0 Å². The van der Waals surface area contributed by atoms with Crippen LogP contribution in [0.2, 0.25) is 0 Å². The van der Waals surface area contributed by atoms with Gasteiger partial charge in [-0.3, -0.25) is 0 Å². The van der Waals surface area contributed by atoms with Crippen LogP contribution >= 0.6 is 11.8 Å². The lowest BCUT2D eigenvalue weighted by Gasteiger charge is -2.20. The van der Waals surface area contributed by atoms with Crippen molar-refractivity contribution in [1.82, 2.24) is 0 Å². The van der Waals surface area contributed by atoms with Gasteiger partial charge in [0.25, 0.3) is 0 Å². The fourth-order valence-electron chi connectivity index (χ4n) is 1.51. The predicted molar refractivity (Wildman–Crippen MR) is 58.1 cm³/mol. The Morgan fingerprint density at radius 2 is 1.93 bits per heavy atom. The fourth-order valence-corrected chi connectivity index (χ4v) is 2.54. The molecule has 0 N–H and O–H groups in total. The molecule has 14 heavy (non-hydrogen) atoms. The number of hydrogen-bond acceptors (Lipinski definition) is 3. The molecule has 1 aromatic carbocycles. The van der Waals surface area contributed by atoms with E-state index >= 15 is 0 Å². The SMILES string of the molecule is COC1=C(OC)c2ccccc2SC1. The van der Waals surface area contributed by atoms with Crippen LogP contribution in [0.25, 0.3) is 5.76 Å². The van der Waals surface area contributed by atoms with Crippen molar-refractivity contribution in [2.45, 2.75) is 4.90 Å². The van der Waals surface area contributed by atoms with Crippen molar-refractivity contribution < 1.29 is 9.47 Å². The van der Waals surface area contributed by atoms with Crippen molar-refractivity contribution in [2.75, 3.05) is 20.0 Å². The molecule has 0 aliphatic carbocycles. The second-order valence-electron chi connectivity index (χ2n) is 2.95. The van der Waals surface area contributed by atoms with Gasteiger partial charge in [-0.15, -0.1) is 11.8 Å². The first kappa shape index (κ1) is 9.46. The number of thioether (sulfide) groups is 1. The zero-order chi connectivity index (χ0) is 9.97. The van der Waals surface area contributed by atoms with Gasteiger partial charge < -0.3 is 9.47 Å². The summed E-state index contributed by atoms with van der Waals surface area (Å²) in [6.45, 7) is 0. The van der Waals surface area contributed by atoms with Gasteiger partial charge in [0.05, 0.1) is 20.0 Å². The molecule has 1 aromatic rings. The summed E-state index contributed by atoms with van der Waals surface area (Å²) in [5.74, 6) is 2.62. The first-order valence-corrected chi connectivity index (χ1v) is 5.38. The van der Waals surface area contributed by atoms with E-state index in [1.54, 1.807) is 26.0 Å². The summed E-state index contributed by atoms with van der Waals surface area (Å²) in [4.78, 5) is 1.25. The summed E-state index contributed by atoms with van der Waals surface area (Å²) in [5, 5.41) is 0. The topological polar surface area (TPSA) is 18.5 Å². The average molecular weight is 208 g/mol. The Labute approximate surface area is 87.9 Å². The fraction of sp³-hybridized carbons (Fsp3) is 0.273. The maximum atomic E-state index is 5.36. The highest BCUT2D eigenvalue weighted by Gasteiger charge is 2.20. The molecule has 0 spiro atoms. The summed E-state index contributed by atoms with van der Waals surface area (Å²) < 4.78 is 10.6. The molecule has 0 saturated carbocycles. The Hall–Kier alpha value is -1.09. The quantitative estimate of drug-likeness (QED) is 0.744. The summed E-state index contributed by atoms with van der Waals surface area (Å²) in [7, 11) is 3.37. The highest BCUT2D eigenvalue weighted by molar-refractivity contribution is 7.99. The van der Waals surface area contributed by atoms with E-state index in [2.05, 4.69) is 12.1 Å². The smallest absolute Gasteiger partial charge is 0.165 e. The van der Waals surface area contributed by atoms with Gasteiger partial charge in [0.2, 0.25) is 0 Å². The molecule has 2 rings (SSSR count). The van der Waals surface area contributed by atoms with Crippen molar-refractivity contribution >= 4 is 17.5 Å². The molecular weight excluding hydrogens is 196 g/mol. The van der Waals surface area contributed by atoms with Gasteiger partial charge in [0.15, 0.2) is 5.76 Å². The maximum Gasteiger partial charge on any atom is 0.165 e. The largest absolute Gasteiger partial charge is 0.496 e. The minimum absolute atomic E-state index is 0.844. The molecular formula is C11H12O2S. The van der Waals surface area contributed by atoms with Gasteiger partial charge in [0, 0.05) is 10.5 Å². The van der Waals surface area contributed by atoms with Crippen LogP contribution in [0.1, 0.15) is 5.56 Å². The second kappa shape index (κ2) is 3.96. The number of benzene rings is 1. The Kier molecular flexibility index (Phi) is 2.68. The molecule has 0 unspecified atom stereocenters. The van der Waals surface area contributed by atoms with Crippen molar-refractivity contribution in [1.29, 1.82) is 0 Å². The molecule has 3 heteroatoms. The summed E-state index contributed by atoms with van der Waals surface area (Å²) in [6.07, 6.45) is 0. The molecule has 74 valence electrons. The number of rotatable bonds is 2. The van der Waals surface area contributed by atoms with Crippen LogP contribution in [0, 0.1) is 0 Å². The van der Waals surface area contributed by atoms with Crippen LogP contribution in [0.5, 0.6) is 0 Å². The van der Waals surface area contributed by atoms with Gasteiger partial charge in [-0.2, -0.15) is 0 Å². The zero-order valence-corrected chi connectivity index (χ0v) is 9.06. The summed E-state index contributed by atoms with van der Waals surface area (Å²) >= 11 is 1.78. The van der Waals surface area contributed by atoms with E-state index < -0.39 is 0 Å². The lowest BCUT2D eigenvalue weighted by atomic mass is 10.1. The van der Waals surface area contributed by atoms with Gasteiger partial charge in [0.1, 0.15) is 5.76 Å². The van der Waals surface area contributed by atoms with E-state index in [0.717, 1.165) is 22.8 Å². The molecule has 1 aliphatic heterocycles. The van der Waals surface area contributed by atoms with E-state index in [1.165, 1.54) is 4.90 Å². The number of ether oxygens (including phenoxy) is 2. The molecule has 0 aromatic heterocycles. The third-order valence-electron chi connectivity index (χ3n) is 2.19. The molecule has 2 nitrogen and oxygen atoms in total. The first-order valence-electron chi connectivity index (χ1n) is 4.40. The number of fused-ring (bicyclic) bond motifs is 1. The molecule has 0 fully saturated rings. The molecule has 1 heterocycles. The predicted octanol–water partition coefficient (Wildman–Crippen LogP) is 2.75. The lowest BCUT2D eigenvalue weighted by molar-refractivity contribution is 0.268. The zero-order valence-electron chi connectivity index (χ0n) is 8.24. The normalized spacial score (nSPS) is 15.0. The van der Waals surface area contributed by atoms with Gasteiger partial charge >= 0.3 is 0 Å². The maximum absolute atomic E-state index is 5.36. The Morgan fingerprint density at radius 3 is 2.64 bits per heavy atom. The van der Waals surface area contributed by atoms with Crippen molar-refractivity contribution in [3.63, 3.8) is 0 Å². The van der Waals surface area contributed by atoms with Crippen molar-refractivity contribution in [3.05, 3.63) is 35.6 Å². The number of methoxy groups -OCH3 is 2. The van der Waals surface area contributed by atoms with Crippen LogP contribution in [-0.2, 0) is 9.47 Å². The first-order chi connectivity index (χ1) is 6.86. The highest BCUT2D eigenvalue weighted by atomic mass is 32.2. The Bertz CT molecular complexity index is 371. The summed E-state index contributed by atoms with van der Waals surface area (Å²) in [5.41, 5.74) is 1.13. The third kappa shape index (κ3) is 1.48. The third-order valence-corrected chi connectivity index (χ3v) is 3.27. The highest BCUT2D eigenvalue weighted by Crippen LogP contribution is 2.37. The van der Waals surface area contributed by atoms with Crippen LogP contribution in [0.4, 0.5) is 0 Å². The van der Waals surface area contributed by atoms with Crippen molar-refractivity contribution in [2.24, 2.45) is 0 Å². The van der Waals surface area contributed by atoms with Gasteiger partial charge in [-0.05, 0) is 12.1 Å². The monoisotopic (exact) mass is 208 g/mol. The summed E-state index contributed by atoms with van der Waals surface area (Å²) in [6, 6.07) is 8.21. The Balaban J connectivity index is 2.52. The average Bonchev–Trinajstić information content (AvgIpc) is 2.27. The lowest BCUT2D eigenvalue weighted by Crippen LogP contribution is -2.05. The minimum Gasteiger partial charge on any atom is -0.496 e. The number of hydrogen-bond donors (Lipinski definition) is 0. The molecule has 0 radical (unpaired) electrons. The molecule has 1 aliphatic rings. The standard InChI is InChI=1S/C11H12O2S/c1-12-9-7-14-10-6-4-3-5-8(10)11(9)13-2/h3-6H,7H2,1-2H3. The second-order valence-corrected chi connectivity index (χ2v) is 3.96. The van der Waals surface area contributed by atoms with E-state index in [9.17, 15) is 0 Å². The molecule has 0 amide bonds. The molecule has 0 saturated heterocycles. The van der Waals surface area contributed by atoms with Crippen LogP contribution < -0.4 is 0 Å². The minimum atomic E-state index is 0.844. The molecule has 0 bridgehead atoms. The van der Waals surface area contributed by atoms with Gasteiger partial charge in [-0.25, -0.2) is 0 Å². The van der Waals surface area contributed by atoms with Gasteiger partial charge in [-0.1, -0.05) is 12.1 Å².